The number of benzene rings is 1. The van der Waals surface area contributed by atoms with Gasteiger partial charge in [-0.25, -0.2) is 4.98 Å². The first-order valence-corrected chi connectivity index (χ1v) is 7.82. The molecule has 1 aromatic heterocycles. The zero-order chi connectivity index (χ0) is 16.4. The Bertz CT molecular complexity index is 727. The summed E-state index contributed by atoms with van der Waals surface area (Å²) in [5, 5.41) is 6.71. The zero-order valence-electron chi connectivity index (χ0n) is 13.0. The minimum Gasteiger partial charge on any atom is -0.495 e. The smallest absolute Gasteiger partial charge is 0.227 e. The molecule has 0 bridgehead atoms. The van der Waals surface area contributed by atoms with Gasteiger partial charge < -0.3 is 15.4 Å². The van der Waals surface area contributed by atoms with E-state index < -0.39 is 0 Å². The van der Waals surface area contributed by atoms with Crippen molar-refractivity contribution in [2.75, 3.05) is 17.7 Å². The van der Waals surface area contributed by atoms with E-state index in [2.05, 4.69) is 15.6 Å². The van der Waals surface area contributed by atoms with Gasteiger partial charge in [-0.05, 0) is 43.5 Å². The highest BCUT2D eigenvalue weighted by Crippen LogP contribution is 2.33. The van der Waals surface area contributed by atoms with Gasteiger partial charge in [0.15, 0.2) is 0 Å². The predicted molar refractivity (Wildman–Crippen MR) is 91.6 cm³/mol. The third-order valence-electron chi connectivity index (χ3n) is 3.72. The van der Waals surface area contributed by atoms with E-state index in [0.717, 1.165) is 24.1 Å². The molecule has 1 aliphatic rings. The van der Waals surface area contributed by atoms with E-state index in [4.69, 9.17) is 16.3 Å². The average molecular weight is 332 g/mol. The van der Waals surface area contributed by atoms with Crippen LogP contribution in [0.25, 0.3) is 0 Å². The summed E-state index contributed by atoms with van der Waals surface area (Å²) in [5.74, 6) is 1.56. The van der Waals surface area contributed by atoms with Gasteiger partial charge in [0.1, 0.15) is 11.6 Å². The number of amides is 1. The van der Waals surface area contributed by atoms with Crippen molar-refractivity contribution in [3.05, 3.63) is 41.0 Å². The SMILES string of the molecule is COc1cc(Cl)c(C)cc1Nc1ccc(NC(=O)C2CC2)cn1. The van der Waals surface area contributed by atoms with Crippen LogP contribution in [0.15, 0.2) is 30.5 Å². The Morgan fingerprint density at radius 1 is 1.35 bits per heavy atom. The van der Waals surface area contributed by atoms with Crippen LogP contribution in [0.2, 0.25) is 5.02 Å². The van der Waals surface area contributed by atoms with Crippen LogP contribution < -0.4 is 15.4 Å². The number of rotatable bonds is 5. The molecular weight excluding hydrogens is 314 g/mol. The van der Waals surface area contributed by atoms with Crippen LogP contribution in [0.4, 0.5) is 17.2 Å². The summed E-state index contributed by atoms with van der Waals surface area (Å²) in [6.07, 6.45) is 3.60. The number of carbonyl (C=O) groups is 1. The lowest BCUT2D eigenvalue weighted by Crippen LogP contribution is -2.13. The highest BCUT2D eigenvalue weighted by Gasteiger charge is 2.29. The molecule has 6 heteroatoms. The summed E-state index contributed by atoms with van der Waals surface area (Å²) < 4.78 is 5.33. The standard InChI is InChI=1S/C17H18ClN3O2/c1-10-7-14(15(23-2)8-13(10)18)21-16-6-5-12(9-19-16)20-17(22)11-3-4-11/h5-9,11H,3-4H2,1-2H3,(H,19,21)(H,20,22). The Labute approximate surface area is 140 Å². The third-order valence-corrected chi connectivity index (χ3v) is 4.13. The first-order valence-electron chi connectivity index (χ1n) is 7.45. The van der Waals surface area contributed by atoms with Gasteiger partial charge in [0.25, 0.3) is 0 Å². The number of hydrogen-bond acceptors (Lipinski definition) is 4. The van der Waals surface area contributed by atoms with E-state index in [9.17, 15) is 4.79 Å². The Kier molecular flexibility index (Phi) is 4.39. The summed E-state index contributed by atoms with van der Waals surface area (Å²) in [7, 11) is 1.59. The van der Waals surface area contributed by atoms with Crippen LogP contribution in [-0.2, 0) is 4.79 Å². The lowest BCUT2D eigenvalue weighted by Gasteiger charge is -2.13. The maximum absolute atomic E-state index is 11.7. The van der Waals surface area contributed by atoms with Gasteiger partial charge in [0, 0.05) is 17.0 Å². The molecule has 5 nitrogen and oxygen atoms in total. The Balaban J connectivity index is 1.73. The lowest BCUT2D eigenvalue weighted by molar-refractivity contribution is -0.117. The number of aryl methyl sites for hydroxylation is 1. The van der Waals surface area contributed by atoms with Crippen molar-refractivity contribution in [3.8, 4) is 5.75 Å². The van der Waals surface area contributed by atoms with Crippen molar-refractivity contribution in [2.24, 2.45) is 5.92 Å². The second-order valence-corrected chi connectivity index (χ2v) is 6.03. The van der Waals surface area contributed by atoms with Crippen molar-refractivity contribution >= 4 is 34.7 Å². The molecule has 0 aliphatic heterocycles. The summed E-state index contributed by atoms with van der Waals surface area (Å²) in [6.45, 7) is 1.93. The first-order chi connectivity index (χ1) is 11.1. The van der Waals surface area contributed by atoms with Crippen LogP contribution >= 0.6 is 11.6 Å². The number of halogens is 1. The molecule has 0 saturated heterocycles. The molecule has 0 radical (unpaired) electrons. The minimum absolute atomic E-state index is 0.0718. The molecule has 3 rings (SSSR count). The number of anilines is 3. The Hall–Kier alpha value is -2.27. The fourth-order valence-corrected chi connectivity index (χ4v) is 2.35. The number of nitrogens with zero attached hydrogens (tertiary/aromatic N) is 1. The maximum atomic E-state index is 11.7. The normalized spacial score (nSPS) is 13.5. The van der Waals surface area contributed by atoms with Gasteiger partial charge in [-0.3, -0.25) is 4.79 Å². The molecule has 1 saturated carbocycles. The molecule has 120 valence electrons. The molecule has 2 N–H and O–H groups in total. The van der Waals surface area contributed by atoms with Crippen molar-refractivity contribution < 1.29 is 9.53 Å². The third kappa shape index (κ3) is 3.74. The first kappa shape index (κ1) is 15.6. The molecular formula is C17H18ClN3O2. The van der Waals surface area contributed by atoms with Gasteiger partial charge in [-0.15, -0.1) is 0 Å². The van der Waals surface area contributed by atoms with Crippen LogP contribution in [0.1, 0.15) is 18.4 Å². The molecule has 1 amide bonds. The number of nitrogens with one attached hydrogen (secondary N) is 2. The summed E-state index contributed by atoms with van der Waals surface area (Å²) >= 11 is 6.10. The Morgan fingerprint density at radius 2 is 2.13 bits per heavy atom. The lowest BCUT2D eigenvalue weighted by atomic mass is 10.2. The van der Waals surface area contributed by atoms with Crippen molar-refractivity contribution in [1.29, 1.82) is 0 Å². The van der Waals surface area contributed by atoms with Gasteiger partial charge in [0.2, 0.25) is 5.91 Å². The number of hydrogen-bond donors (Lipinski definition) is 2. The number of ether oxygens (including phenoxy) is 1. The highest BCUT2D eigenvalue weighted by atomic mass is 35.5. The van der Waals surface area contributed by atoms with E-state index in [1.54, 1.807) is 19.4 Å². The minimum atomic E-state index is 0.0718. The van der Waals surface area contributed by atoms with Crippen molar-refractivity contribution in [2.45, 2.75) is 19.8 Å². The summed E-state index contributed by atoms with van der Waals surface area (Å²) in [4.78, 5) is 16.0. The summed E-state index contributed by atoms with van der Waals surface area (Å²) in [5.41, 5.74) is 2.44. The topological polar surface area (TPSA) is 63.2 Å². The fraction of sp³-hybridized carbons (Fsp3) is 0.294. The molecule has 1 aromatic carbocycles. The van der Waals surface area contributed by atoms with E-state index in [-0.39, 0.29) is 11.8 Å². The largest absolute Gasteiger partial charge is 0.495 e. The number of methoxy groups -OCH3 is 1. The summed E-state index contributed by atoms with van der Waals surface area (Å²) in [6, 6.07) is 7.31. The van der Waals surface area contributed by atoms with Crippen LogP contribution in [-0.4, -0.2) is 18.0 Å². The molecule has 23 heavy (non-hydrogen) atoms. The van der Waals surface area contributed by atoms with Gasteiger partial charge in [0.05, 0.1) is 24.7 Å². The predicted octanol–water partition coefficient (Wildman–Crippen LogP) is 4.14. The molecule has 0 atom stereocenters. The number of aromatic nitrogens is 1. The van der Waals surface area contributed by atoms with Crippen molar-refractivity contribution in [1.82, 2.24) is 4.98 Å². The maximum Gasteiger partial charge on any atom is 0.227 e. The zero-order valence-corrected chi connectivity index (χ0v) is 13.8. The van der Waals surface area contributed by atoms with E-state index >= 15 is 0 Å². The second kappa shape index (κ2) is 6.46. The van der Waals surface area contributed by atoms with Crippen LogP contribution in [0.3, 0.4) is 0 Å². The molecule has 1 heterocycles. The fourth-order valence-electron chi connectivity index (χ4n) is 2.20. The van der Waals surface area contributed by atoms with E-state index in [1.807, 2.05) is 25.1 Å². The van der Waals surface area contributed by atoms with E-state index in [0.29, 0.717) is 22.3 Å². The number of carbonyl (C=O) groups excluding carboxylic acids is 1. The van der Waals surface area contributed by atoms with Crippen LogP contribution in [0, 0.1) is 12.8 Å². The molecule has 0 spiro atoms. The quantitative estimate of drug-likeness (QED) is 0.864. The Morgan fingerprint density at radius 3 is 2.74 bits per heavy atom. The van der Waals surface area contributed by atoms with Gasteiger partial charge >= 0.3 is 0 Å². The van der Waals surface area contributed by atoms with Crippen molar-refractivity contribution in [3.63, 3.8) is 0 Å². The second-order valence-electron chi connectivity index (χ2n) is 5.62. The highest BCUT2D eigenvalue weighted by molar-refractivity contribution is 6.31. The molecule has 2 aromatic rings. The van der Waals surface area contributed by atoms with E-state index in [1.165, 1.54) is 0 Å². The van der Waals surface area contributed by atoms with Crippen LogP contribution in [0.5, 0.6) is 5.75 Å². The number of pyridine rings is 1. The molecule has 1 aliphatic carbocycles. The van der Waals surface area contributed by atoms with Gasteiger partial charge in [-0.2, -0.15) is 0 Å². The monoisotopic (exact) mass is 331 g/mol. The van der Waals surface area contributed by atoms with Gasteiger partial charge in [-0.1, -0.05) is 11.6 Å². The molecule has 0 unspecified atom stereocenters. The average Bonchev–Trinajstić information content (AvgIpc) is 3.37. The molecule has 1 fully saturated rings.